The lowest BCUT2D eigenvalue weighted by Crippen LogP contribution is -2.34. The van der Waals surface area contributed by atoms with E-state index in [1.807, 2.05) is 24.3 Å². The molecule has 0 saturated heterocycles. The SMILES string of the molecule is C[N+](C)(C)c1ccc(C=O)cc1.Cc1ccc(O)cc1S(=O)(=O)[O-]. The van der Waals surface area contributed by atoms with Crippen LogP contribution in [-0.2, 0) is 10.1 Å². The Balaban J connectivity index is 0.000000240. The summed E-state index contributed by atoms with van der Waals surface area (Å²) < 4.78 is 32.4. The molecule has 0 aromatic heterocycles. The van der Waals surface area contributed by atoms with Gasteiger partial charge in [-0.2, -0.15) is 0 Å². The lowest BCUT2D eigenvalue weighted by molar-refractivity contribution is 0.112. The summed E-state index contributed by atoms with van der Waals surface area (Å²) >= 11 is 0. The minimum Gasteiger partial charge on any atom is -0.744 e. The van der Waals surface area contributed by atoms with Crippen molar-refractivity contribution in [2.24, 2.45) is 0 Å². The van der Waals surface area contributed by atoms with Crippen molar-refractivity contribution in [1.82, 2.24) is 4.48 Å². The van der Waals surface area contributed by atoms with Crippen LogP contribution in [0.4, 0.5) is 5.69 Å². The second kappa shape index (κ2) is 7.57. The van der Waals surface area contributed by atoms with Gasteiger partial charge in [0.25, 0.3) is 0 Å². The molecule has 0 unspecified atom stereocenters. The summed E-state index contributed by atoms with van der Waals surface area (Å²) in [5, 5.41) is 8.90. The average Bonchev–Trinajstić information content (AvgIpc) is 2.48. The van der Waals surface area contributed by atoms with Gasteiger partial charge in [-0.3, -0.25) is 9.28 Å². The number of hydrogen-bond acceptors (Lipinski definition) is 5. The molecule has 0 heterocycles. The first-order chi connectivity index (χ1) is 10.9. The van der Waals surface area contributed by atoms with Crippen LogP contribution in [0.25, 0.3) is 0 Å². The van der Waals surface area contributed by atoms with E-state index >= 15 is 0 Å². The summed E-state index contributed by atoms with van der Waals surface area (Å²) in [6.45, 7) is 1.49. The van der Waals surface area contributed by atoms with E-state index in [1.54, 1.807) is 0 Å². The number of nitrogens with zero attached hydrogens (tertiary/aromatic N) is 1. The standard InChI is InChI=1S/C10H14NO.C7H8O4S/c1-11(2,3)10-6-4-9(8-12)5-7-10;1-5-2-3-6(8)4-7(5)12(9,10)11/h4-8H,1-3H3;2-4,8H,1H3,(H,9,10,11)/q+1;/p-1. The highest BCUT2D eigenvalue weighted by Crippen LogP contribution is 2.19. The van der Waals surface area contributed by atoms with Crippen LogP contribution in [0.15, 0.2) is 47.4 Å². The Morgan fingerprint density at radius 3 is 1.96 bits per heavy atom. The maximum Gasteiger partial charge on any atom is 0.150 e. The highest BCUT2D eigenvalue weighted by Gasteiger charge is 2.10. The number of aromatic hydroxyl groups is 1. The van der Waals surface area contributed by atoms with Crippen LogP contribution in [-0.4, -0.2) is 45.5 Å². The molecule has 0 amide bonds. The number of hydrogen-bond donors (Lipinski definition) is 1. The highest BCUT2D eigenvalue weighted by molar-refractivity contribution is 7.85. The quantitative estimate of drug-likeness (QED) is 0.520. The molecule has 6 nitrogen and oxygen atoms in total. The van der Waals surface area contributed by atoms with Crippen LogP contribution >= 0.6 is 0 Å². The number of carbonyl (C=O) groups is 1. The fraction of sp³-hybridized carbons (Fsp3) is 0.235. The van der Waals surface area contributed by atoms with Crippen LogP contribution in [0.1, 0.15) is 15.9 Å². The fourth-order valence-corrected chi connectivity index (χ4v) is 2.59. The molecule has 0 aliphatic rings. The van der Waals surface area contributed by atoms with Crippen LogP contribution in [0.3, 0.4) is 0 Å². The number of aryl methyl sites for hydroxylation is 1. The summed E-state index contributed by atoms with van der Waals surface area (Å²) in [5.41, 5.74) is 2.26. The molecule has 2 aromatic rings. The fourth-order valence-electron chi connectivity index (χ4n) is 1.86. The molecule has 0 spiro atoms. The third kappa shape index (κ3) is 5.77. The van der Waals surface area contributed by atoms with Crippen LogP contribution in [0, 0.1) is 6.92 Å². The average molecular weight is 351 g/mol. The Morgan fingerprint density at radius 1 is 1.04 bits per heavy atom. The van der Waals surface area contributed by atoms with Gasteiger partial charge in [0.15, 0.2) is 0 Å². The molecule has 0 aliphatic heterocycles. The number of phenolic OH excluding ortho intramolecular Hbond substituents is 1. The number of quaternary nitrogens is 1. The number of rotatable bonds is 3. The third-order valence-corrected chi connectivity index (χ3v) is 4.22. The van der Waals surface area contributed by atoms with Gasteiger partial charge < -0.3 is 9.66 Å². The van der Waals surface area contributed by atoms with Crippen molar-refractivity contribution in [3.8, 4) is 5.75 Å². The topological polar surface area (TPSA) is 94.5 Å². The van der Waals surface area contributed by atoms with Crippen molar-refractivity contribution in [2.75, 3.05) is 21.1 Å². The molecule has 24 heavy (non-hydrogen) atoms. The van der Waals surface area contributed by atoms with Crippen molar-refractivity contribution in [3.05, 3.63) is 53.6 Å². The number of phenols is 1. The molecule has 7 heteroatoms. The molecule has 1 N–H and O–H groups in total. The van der Waals surface area contributed by atoms with Gasteiger partial charge in [-0.15, -0.1) is 0 Å². The Kier molecular flexibility index (Phi) is 6.25. The van der Waals surface area contributed by atoms with Gasteiger partial charge in [0.1, 0.15) is 27.8 Å². The van der Waals surface area contributed by atoms with Crippen LogP contribution in [0.5, 0.6) is 5.75 Å². The predicted octanol–water partition coefficient (Wildman–Crippen LogP) is 2.30. The van der Waals surface area contributed by atoms with E-state index in [0.29, 0.717) is 5.56 Å². The zero-order chi connectivity index (χ0) is 18.5. The molecule has 0 atom stereocenters. The molecule has 2 aromatic carbocycles. The number of carbonyl (C=O) groups excluding carboxylic acids is 1. The van der Waals surface area contributed by atoms with Crippen molar-refractivity contribution < 1.29 is 22.9 Å². The second-order valence-corrected chi connectivity index (χ2v) is 7.47. The first kappa shape index (κ1) is 19.8. The monoisotopic (exact) mass is 351 g/mol. The minimum absolute atomic E-state index is 0.227. The molecule has 0 saturated carbocycles. The van der Waals surface area contributed by atoms with Gasteiger partial charge in [-0.05, 0) is 48.9 Å². The lowest BCUT2D eigenvalue weighted by atomic mass is 10.2. The van der Waals surface area contributed by atoms with Crippen LogP contribution in [0.2, 0.25) is 0 Å². The summed E-state index contributed by atoms with van der Waals surface area (Å²) in [6, 6.07) is 11.3. The number of aldehydes is 1. The summed E-state index contributed by atoms with van der Waals surface area (Å²) in [7, 11) is 1.81. The maximum atomic E-state index is 10.5. The van der Waals surface area contributed by atoms with E-state index in [1.165, 1.54) is 24.7 Å². The Morgan fingerprint density at radius 2 is 1.58 bits per heavy atom. The molecule has 130 valence electrons. The van der Waals surface area contributed by atoms with Gasteiger partial charge in [-0.25, -0.2) is 8.42 Å². The van der Waals surface area contributed by atoms with Crippen molar-refractivity contribution in [2.45, 2.75) is 11.8 Å². The van der Waals surface area contributed by atoms with Crippen LogP contribution < -0.4 is 4.48 Å². The second-order valence-electron chi connectivity index (χ2n) is 6.13. The molecular weight excluding hydrogens is 330 g/mol. The Labute approximate surface area is 142 Å². The molecule has 0 aliphatic carbocycles. The van der Waals surface area contributed by atoms with Gasteiger partial charge in [0.05, 0.1) is 26.0 Å². The molecule has 2 rings (SSSR count). The highest BCUT2D eigenvalue weighted by atomic mass is 32.2. The van der Waals surface area contributed by atoms with Crippen molar-refractivity contribution in [1.29, 1.82) is 0 Å². The van der Waals surface area contributed by atoms with E-state index in [-0.39, 0.29) is 10.6 Å². The molecule has 0 bridgehead atoms. The van der Waals surface area contributed by atoms with Gasteiger partial charge in [0, 0.05) is 5.56 Å². The zero-order valence-electron chi connectivity index (χ0n) is 14.1. The smallest absolute Gasteiger partial charge is 0.150 e. The zero-order valence-corrected chi connectivity index (χ0v) is 14.9. The summed E-state index contributed by atoms with van der Waals surface area (Å²) in [4.78, 5) is 9.99. The maximum absolute atomic E-state index is 10.5. The van der Waals surface area contributed by atoms with Gasteiger partial charge in [-0.1, -0.05) is 6.07 Å². The largest absolute Gasteiger partial charge is 0.744 e. The Bertz CT molecular complexity index is 806. The summed E-state index contributed by atoms with van der Waals surface area (Å²) in [5.74, 6) is -0.227. The van der Waals surface area contributed by atoms with E-state index < -0.39 is 10.1 Å². The molecule has 0 radical (unpaired) electrons. The minimum atomic E-state index is -4.47. The van der Waals surface area contributed by atoms with E-state index in [0.717, 1.165) is 22.4 Å². The normalized spacial score (nSPS) is 11.4. The van der Waals surface area contributed by atoms with E-state index in [9.17, 15) is 17.8 Å². The Hall–Kier alpha value is -2.22. The van der Waals surface area contributed by atoms with Crippen molar-refractivity contribution >= 4 is 22.1 Å². The lowest BCUT2D eigenvalue weighted by Gasteiger charge is -2.23. The van der Waals surface area contributed by atoms with Gasteiger partial charge in [0.2, 0.25) is 0 Å². The van der Waals surface area contributed by atoms with E-state index in [2.05, 4.69) is 21.1 Å². The predicted molar refractivity (Wildman–Crippen MR) is 92.2 cm³/mol. The molecular formula is C17H21NO5S. The summed E-state index contributed by atoms with van der Waals surface area (Å²) in [6.07, 6.45) is 0.861. The van der Waals surface area contributed by atoms with Crippen molar-refractivity contribution in [3.63, 3.8) is 0 Å². The first-order valence-corrected chi connectivity index (χ1v) is 8.49. The van der Waals surface area contributed by atoms with E-state index in [4.69, 9.17) is 5.11 Å². The molecule has 0 fully saturated rings. The number of benzene rings is 2. The van der Waals surface area contributed by atoms with Gasteiger partial charge >= 0.3 is 0 Å². The first-order valence-electron chi connectivity index (χ1n) is 7.08. The third-order valence-electron chi connectivity index (χ3n) is 3.24.